The minimum Gasteiger partial charge on any atom is -0.478 e. The molecule has 0 atom stereocenters. The third kappa shape index (κ3) is 1.72. The molecular weight excluding hydrogens is 214 g/mol. The van der Waals surface area contributed by atoms with Crippen LogP contribution in [0.4, 0.5) is 0 Å². The molecule has 0 amide bonds. The minimum atomic E-state index is -0.985. The molecule has 17 heavy (non-hydrogen) atoms. The summed E-state index contributed by atoms with van der Waals surface area (Å²) in [5.74, 6) is -0.985. The summed E-state index contributed by atoms with van der Waals surface area (Å²) < 4.78 is 0. The van der Waals surface area contributed by atoms with Gasteiger partial charge in [-0.2, -0.15) is 0 Å². The number of pyridine rings is 1. The molecule has 0 unspecified atom stereocenters. The number of fused-ring (bicyclic) bond motifs is 1. The van der Waals surface area contributed by atoms with Crippen LogP contribution in [0.3, 0.4) is 0 Å². The van der Waals surface area contributed by atoms with E-state index in [2.05, 4.69) is 18.1 Å². The summed E-state index contributed by atoms with van der Waals surface area (Å²) in [7, 11) is 0. The van der Waals surface area contributed by atoms with E-state index < -0.39 is 5.97 Å². The fourth-order valence-electron chi connectivity index (χ4n) is 1.84. The molecule has 1 aromatic carbocycles. The molecule has 1 aromatic heterocycles. The number of para-hydroxylation sites is 1. The van der Waals surface area contributed by atoms with Crippen molar-refractivity contribution in [1.29, 1.82) is 0 Å². The van der Waals surface area contributed by atoms with E-state index in [1.165, 1.54) is 12.2 Å². The Kier molecular flexibility index (Phi) is 2.75. The first-order valence-electron chi connectivity index (χ1n) is 5.10. The summed E-state index contributed by atoms with van der Waals surface area (Å²) in [5, 5.41) is 9.92. The number of hydrogen-bond acceptors (Lipinski definition) is 2. The highest BCUT2D eigenvalue weighted by Gasteiger charge is 2.16. The number of carboxylic acid groups (broad SMARTS) is 1. The zero-order chi connectivity index (χ0) is 12.4. The lowest BCUT2D eigenvalue weighted by Crippen LogP contribution is -2.04. The summed E-state index contributed by atoms with van der Waals surface area (Å²) >= 11 is 0. The Morgan fingerprint density at radius 2 is 1.94 bits per heavy atom. The highest BCUT2D eigenvalue weighted by Crippen LogP contribution is 2.25. The molecule has 2 aromatic rings. The molecular formula is C14H11NO2. The Morgan fingerprint density at radius 3 is 2.53 bits per heavy atom. The second kappa shape index (κ2) is 4.22. The van der Waals surface area contributed by atoms with E-state index >= 15 is 0 Å². The predicted octanol–water partition coefficient (Wildman–Crippen LogP) is 3.22. The molecule has 0 spiro atoms. The lowest BCUT2D eigenvalue weighted by Gasteiger charge is -2.09. The number of nitrogens with zero attached hydrogens (tertiary/aromatic N) is 1. The standard InChI is InChI=1S/C14H11NO2/c1-3-9-11(4-2)15-12-8-6-5-7-10(12)13(9)14(16)17/h3-8H,1-2H2,(H,16,17). The Labute approximate surface area is 98.7 Å². The number of hydrogen-bond donors (Lipinski definition) is 1. The van der Waals surface area contributed by atoms with Crippen molar-refractivity contribution >= 4 is 29.0 Å². The van der Waals surface area contributed by atoms with E-state index in [-0.39, 0.29) is 5.56 Å². The van der Waals surface area contributed by atoms with Gasteiger partial charge in [0.25, 0.3) is 0 Å². The van der Waals surface area contributed by atoms with E-state index in [0.717, 1.165) is 0 Å². The van der Waals surface area contributed by atoms with Crippen molar-refractivity contribution in [3.8, 4) is 0 Å². The largest absolute Gasteiger partial charge is 0.478 e. The Balaban J connectivity index is 3.01. The highest BCUT2D eigenvalue weighted by molar-refractivity contribution is 6.06. The fraction of sp³-hybridized carbons (Fsp3) is 0. The summed E-state index contributed by atoms with van der Waals surface area (Å²) in [4.78, 5) is 15.7. The van der Waals surface area contributed by atoms with Crippen molar-refractivity contribution in [2.75, 3.05) is 0 Å². The zero-order valence-corrected chi connectivity index (χ0v) is 9.18. The molecule has 1 heterocycles. The maximum atomic E-state index is 11.4. The van der Waals surface area contributed by atoms with Gasteiger partial charge < -0.3 is 5.11 Å². The molecule has 0 aliphatic carbocycles. The summed E-state index contributed by atoms with van der Waals surface area (Å²) in [6.07, 6.45) is 3.04. The number of aromatic carboxylic acids is 1. The van der Waals surface area contributed by atoms with Crippen molar-refractivity contribution in [2.45, 2.75) is 0 Å². The molecule has 3 heteroatoms. The van der Waals surface area contributed by atoms with Crippen LogP contribution in [0.2, 0.25) is 0 Å². The monoisotopic (exact) mass is 225 g/mol. The first kappa shape index (κ1) is 11.1. The van der Waals surface area contributed by atoms with E-state index in [9.17, 15) is 9.90 Å². The van der Waals surface area contributed by atoms with Crippen molar-refractivity contribution in [3.05, 3.63) is 54.2 Å². The minimum absolute atomic E-state index is 0.223. The number of carboxylic acids is 1. The second-order valence-electron chi connectivity index (χ2n) is 3.52. The number of carbonyl (C=O) groups is 1. The van der Waals surface area contributed by atoms with Crippen LogP contribution in [0.25, 0.3) is 23.1 Å². The van der Waals surface area contributed by atoms with Gasteiger partial charge in [-0.3, -0.25) is 0 Å². The first-order chi connectivity index (χ1) is 8.19. The molecule has 0 saturated carbocycles. The van der Waals surface area contributed by atoms with Crippen LogP contribution >= 0.6 is 0 Å². The van der Waals surface area contributed by atoms with Crippen LogP contribution in [0.5, 0.6) is 0 Å². The Hall–Kier alpha value is -2.42. The van der Waals surface area contributed by atoms with Crippen molar-refractivity contribution in [2.24, 2.45) is 0 Å². The second-order valence-corrected chi connectivity index (χ2v) is 3.52. The molecule has 0 bridgehead atoms. The number of benzene rings is 1. The van der Waals surface area contributed by atoms with Gasteiger partial charge in [0.1, 0.15) is 0 Å². The Morgan fingerprint density at radius 1 is 1.24 bits per heavy atom. The van der Waals surface area contributed by atoms with Gasteiger partial charge in [0.15, 0.2) is 0 Å². The SMILES string of the molecule is C=Cc1nc2ccccc2c(C(=O)O)c1C=C. The van der Waals surface area contributed by atoms with Crippen LogP contribution in [0.1, 0.15) is 21.6 Å². The van der Waals surface area contributed by atoms with Crippen LogP contribution < -0.4 is 0 Å². The Bertz CT molecular complexity index is 629. The van der Waals surface area contributed by atoms with Gasteiger partial charge in [-0.1, -0.05) is 37.4 Å². The average molecular weight is 225 g/mol. The van der Waals surface area contributed by atoms with Gasteiger partial charge >= 0.3 is 5.97 Å². The smallest absolute Gasteiger partial charge is 0.337 e. The summed E-state index contributed by atoms with van der Waals surface area (Å²) in [6, 6.07) is 7.13. The molecule has 0 aliphatic rings. The van der Waals surface area contributed by atoms with E-state index in [1.54, 1.807) is 18.2 Å². The maximum absolute atomic E-state index is 11.4. The maximum Gasteiger partial charge on any atom is 0.337 e. The van der Waals surface area contributed by atoms with E-state index in [4.69, 9.17) is 0 Å². The third-order valence-electron chi connectivity index (χ3n) is 2.57. The third-order valence-corrected chi connectivity index (χ3v) is 2.57. The van der Waals surface area contributed by atoms with Crippen LogP contribution in [-0.2, 0) is 0 Å². The summed E-state index contributed by atoms with van der Waals surface area (Å²) in [6.45, 7) is 7.28. The molecule has 3 nitrogen and oxygen atoms in total. The van der Waals surface area contributed by atoms with Gasteiger partial charge in [-0.05, 0) is 12.1 Å². The van der Waals surface area contributed by atoms with Gasteiger partial charge in [-0.25, -0.2) is 9.78 Å². The van der Waals surface area contributed by atoms with Gasteiger partial charge in [0, 0.05) is 10.9 Å². The number of aromatic nitrogens is 1. The first-order valence-corrected chi connectivity index (χ1v) is 5.10. The average Bonchev–Trinajstić information content (AvgIpc) is 2.35. The quantitative estimate of drug-likeness (QED) is 0.872. The van der Waals surface area contributed by atoms with Crippen LogP contribution in [0, 0.1) is 0 Å². The van der Waals surface area contributed by atoms with Gasteiger partial charge in [0.05, 0.1) is 16.8 Å². The molecule has 2 rings (SSSR count). The van der Waals surface area contributed by atoms with Crippen molar-refractivity contribution < 1.29 is 9.90 Å². The lowest BCUT2D eigenvalue weighted by molar-refractivity contribution is 0.0698. The van der Waals surface area contributed by atoms with Crippen LogP contribution in [-0.4, -0.2) is 16.1 Å². The molecule has 0 radical (unpaired) electrons. The van der Waals surface area contributed by atoms with E-state index in [0.29, 0.717) is 22.2 Å². The normalized spacial score (nSPS) is 10.1. The van der Waals surface area contributed by atoms with Gasteiger partial charge in [-0.15, -0.1) is 0 Å². The molecule has 0 fully saturated rings. The lowest BCUT2D eigenvalue weighted by atomic mass is 10.0. The zero-order valence-electron chi connectivity index (χ0n) is 9.18. The summed E-state index contributed by atoms with van der Waals surface area (Å²) in [5.41, 5.74) is 1.91. The van der Waals surface area contributed by atoms with E-state index in [1.807, 2.05) is 6.07 Å². The molecule has 1 N–H and O–H groups in total. The van der Waals surface area contributed by atoms with Gasteiger partial charge in [0.2, 0.25) is 0 Å². The fourth-order valence-corrected chi connectivity index (χ4v) is 1.84. The number of rotatable bonds is 3. The molecule has 0 aliphatic heterocycles. The molecule has 0 saturated heterocycles. The van der Waals surface area contributed by atoms with Crippen molar-refractivity contribution in [1.82, 2.24) is 4.98 Å². The van der Waals surface area contributed by atoms with Crippen LogP contribution in [0.15, 0.2) is 37.4 Å². The molecule has 84 valence electrons. The highest BCUT2D eigenvalue weighted by atomic mass is 16.4. The topological polar surface area (TPSA) is 50.2 Å². The van der Waals surface area contributed by atoms with Crippen molar-refractivity contribution in [3.63, 3.8) is 0 Å². The predicted molar refractivity (Wildman–Crippen MR) is 68.9 cm³/mol.